The van der Waals surface area contributed by atoms with Gasteiger partial charge in [0.2, 0.25) is 21.1 Å². The zero-order valence-electron chi connectivity index (χ0n) is 20.0. The van der Waals surface area contributed by atoms with E-state index in [0.29, 0.717) is 17.4 Å². The number of halogens is 3. The number of anilines is 2. The predicted molar refractivity (Wildman–Crippen MR) is 137 cm³/mol. The Balaban J connectivity index is 1.51. The lowest BCUT2D eigenvalue weighted by molar-refractivity contribution is -0.274. The second-order valence-corrected chi connectivity index (χ2v) is 11.5. The Hall–Kier alpha value is -3.21. The number of sulfonamides is 1. The van der Waals surface area contributed by atoms with Crippen LogP contribution in [0.4, 0.5) is 24.0 Å². The quantitative estimate of drug-likeness (QED) is 0.248. The van der Waals surface area contributed by atoms with E-state index in [1.165, 1.54) is 40.7 Å². The van der Waals surface area contributed by atoms with Crippen LogP contribution in [0.5, 0.6) is 5.75 Å². The van der Waals surface area contributed by atoms with Crippen LogP contribution in [0.25, 0.3) is 0 Å². The zero-order chi connectivity index (χ0) is 27.9. The smallest absolute Gasteiger partial charge is 0.406 e. The summed E-state index contributed by atoms with van der Waals surface area (Å²) in [6.45, 7) is 4.13. The van der Waals surface area contributed by atoms with Gasteiger partial charge in [0.25, 0.3) is 5.91 Å². The average molecular weight is 590 g/mol. The number of nitrogens with zero attached hydrogens (tertiary/aromatic N) is 3. The molecule has 0 spiro atoms. The van der Waals surface area contributed by atoms with Crippen LogP contribution in [0.3, 0.4) is 0 Å². The molecular weight excluding hydrogens is 567 g/mol. The monoisotopic (exact) mass is 589 g/mol. The topological polar surface area (TPSA) is 131 Å². The van der Waals surface area contributed by atoms with Crippen molar-refractivity contribution in [3.05, 3.63) is 54.1 Å². The van der Waals surface area contributed by atoms with Gasteiger partial charge in [-0.1, -0.05) is 36.9 Å². The van der Waals surface area contributed by atoms with Gasteiger partial charge in [0.1, 0.15) is 5.75 Å². The number of carbonyl (C=O) groups is 2. The lowest BCUT2D eigenvalue weighted by atomic mass is 10.2. The van der Waals surface area contributed by atoms with Gasteiger partial charge in [-0.3, -0.25) is 14.9 Å². The summed E-state index contributed by atoms with van der Waals surface area (Å²) in [7, 11) is -3.64. The SMILES string of the molecule is CCN(CC)S(=O)(=O)c1ccc(C(=O)Nc2nnc(SCC(=O)Nc3ccc(OC(F)(F)F)cc3)s2)cc1. The third-order valence-electron chi connectivity index (χ3n) is 4.79. The fourth-order valence-electron chi connectivity index (χ4n) is 3.04. The molecule has 38 heavy (non-hydrogen) atoms. The van der Waals surface area contributed by atoms with Crippen molar-refractivity contribution in [1.82, 2.24) is 14.5 Å². The van der Waals surface area contributed by atoms with Crippen molar-refractivity contribution in [2.24, 2.45) is 0 Å². The molecule has 204 valence electrons. The van der Waals surface area contributed by atoms with Gasteiger partial charge in [-0.2, -0.15) is 4.31 Å². The first-order valence-electron chi connectivity index (χ1n) is 10.9. The minimum absolute atomic E-state index is 0.0636. The maximum Gasteiger partial charge on any atom is 0.573 e. The molecule has 0 aliphatic rings. The first-order chi connectivity index (χ1) is 17.9. The molecule has 3 aromatic rings. The molecule has 0 bridgehead atoms. The van der Waals surface area contributed by atoms with E-state index in [-0.39, 0.29) is 27.0 Å². The number of benzene rings is 2. The second kappa shape index (κ2) is 12.6. The average Bonchev–Trinajstić information content (AvgIpc) is 3.31. The summed E-state index contributed by atoms with van der Waals surface area (Å²) in [6.07, 6.45) is -4.81. The number of hydrogen-bond donors (Lipinski definition) is 2. The Morgan fingerprint density at radius 2 is 1.63 bits per heavy atom. The van der Waals surface area contributed by atoms with Gasteiger partial charge in [0.05, 0.1) is 10.6 Å². The van der Waals surface area contributed by atoms with E-state index < -0.39 is 33.9 Å². The molecule has 2 aromatic carbocycles. The Morgan fingerprint density at radius 3 is 2.21 bits per heavy atom. The van der Waals surface area contributed by atoms with Crippen LogP contribution in [-0.4, -0.2) is 59.9 Å². The summed E-state index contributed by atoms with van der Waals surface area (Å²) in [5.74, 6) is -1.42. The van der Waals surface area contributed by atoms with Crippen LogP contribution in [0.1, 0.15) is 24.2 Å². The van der Waals surface area contributed by atoms with E-state index in [0.717, 1.165) is 35.2 Å². The highest BCUT2D eigenvalue weighted by Crippen LogP contribution is 2.27. The highest BCUT2D eigenvalue weighted by Gasteiger charge is 2.31. The van der Waals surface area contributed by atoms with Gasteiger partial charge < -0.3 is 10.1 Å². The van der Waals surface area contributed by atoms with Crippen LogP contribution in [0.15, 0.2) is 57.8 Å². The number of carbonyl (C=O) groups excluding carboxylic acids is 2. The Kier molecular flexibility index (Phi) is 9.70. The van der Waals surface area contributed by atoms with E-state index in [1.807, 2.05) is 0 Å². The molecule has 1 heterocycles. The Labute approximate surface area is 224 Å². The highest BCUT2D eigenvalue weighted by molar-refractivity contribution is 8.01. The standard InChI is InChI=1S/C22H22F3N5O5S3/c1-3-30(4-2)38(33,34)17-11-5-14(6-12-17)19(32)27-20-28-29-21(37-20)36-13-18(31)26-15-7-9-16(10-8-15)35-22(23,24)25/h5-12H,3-4,13H2,1-2H3,(H,26,31)(H,27,28,32). The normalized spacial score (nSPS) is 11.8. The summed E-state index contributed by atoms with van der Waals surface area (Å²) in [5, 5.41) is 13.0. The summed E-state index contributed by atoms with van der Waals surface area (Å²) in [6, 6.07) is 10.2. The Morgan fingerprint density at radius 1 is 1.00 bits per heavy atom. The molecule has 3 rings (SSSR count). The van der Waals surface area contributed by atoms with Crippen molar-refractivity contribution < 1.29 is 35.9 Å². The van der Waals surface area contributed by atoms with Crippen LogP contribution < -0.4 is 15.4 Å². The maximum absolute atomic E-state index is 12.6. The summed E-state index contributed by atoms with van der Waals surface area (Å²) in [4.78, 5) is 24.8. The molecule has 0 saturated heterocycles. The zero-order valence-corrected chi connectivity index (χ0v) is 22.4. The molecule has 2 N–H and O–H groups in total. The van der Waals surface area contributed by atoms with E-state index >= 15 is 0 Å². The fraction of sp³-hybridized carbons (Fsp3) is 0.273. The van der Waals surface area contributed by atoms with Crippen LogP contribution in [-0.2, 0) is 14.8 Å². The number of thioether (sulfide) groups is 1. The van der Waals surface area contributed by atoms with Gasteiger partial charge in [0, 0.05) is 24.3 Å². The molecule has 10 nitrogen and oxygen atoms in total. The summed E-state index contributed by atoms with van der Waals surface area (Å²) in [5.41, 5.74) is 0.505. The van der Waals surface area contributed by atoms with E-state index in [9.17, 15) is 31.2 Å². The fourth-order valence-corrected chi connectivity index (χ4v) is 6.05. The van der Waals surface area contributed by atoms with E-state index in [2.05, 4.69) is 25.6 Å². The van der Waals surface area contributed by atoms with E-state index in [4.69, 9.17) is 0 Å². The predicted octanol–water partition coefficient (Wildman–Crippen LogP) is 4.45. The van der Waals surface area contributed by atoms with Crippen LogP contribution in [0.2, 0.25) is 0 Å². The van der Waals surface area contributed by atoms with Gasteiger partial charge in [-0.05, 0) is 48.5 Å². The number of ether oxygens (including phenoxy) is 1. The number of hydrogen-bond acceptors (Lipinski definition) is 9. The minimum Gasteiger partial charge on any atom is -0.406 e. The van der Waals surface area contributed by atoms with Crippen molar-refractivity contribution in [3.8, 4) is 5.75 Å². The third kappa shape index (κ3) is 8.14. The number of nitrogens with one attached hydrogen (secondary N) is 2. The first-order valence-corrected chi connectivity index (χ1v) is 14.2. The first kappa shape index (κ1) is 29.3. The van der Waals surface area contributed by atoms with Crippen LogP contribution in [0, 0.1) is 0 Å². The largest absolute Gasteiger partial charge is 0.573 e. The van der Waals surface area contributed by atoms with Gasteiger partial charge in [0.15, 0.2) is 4.34 Å². The molecule has 2 amide bonds. The highest BCUT2D eigenvalue weighted by atomic mass is 32.2. The lowest BCUT2D eigenvalue weighted by Crippen LogP contribution is -2.30. The molecule has 0 atom stereocenters. The molecule has 0 saturated carbocycles. The van der Waals surface area contributed by atoms with Gasteiger partial charge >= 0.3 is 6.36 Å². The summed E-state index contributed by atoms with van der Waals surface area (Å²) < 4.78 is 67.3. The number of amides is 2. The third-order valence-corrected chi connectivity index (χ3v) is 8.82. The molecule has 16 heteroatoms. The Bertz CT molecular complexity index is 1360. The number of aromatic nitrogens is 2. The van der Waals surface area contributed by atoms with Crippen LogP contribution >= 0.6 is 23.1 Å². The second-order valence-electron chi connectivity index (χ2n) is 7.35. The van der Waals surface area contributed by atoms with Crippen molar-refractivity contribution in [2.75, 3.05) is 29.5 Å². The minimum atomic E-state index is -4.81. The van der Waals surface area contributed by atoms with Gasteiger partial charge in [-0.15, -0.1) is 23.4 Å². The van der Waals surface area contributed by atoms with E-state index in [1.54, 1.807) is 13.8 Å². The van der Waals surface area contributed by atoms with Crippen molar-refractivity contribution >= 4 is 55.8 Å². The number of rotatable bonds is 11. The van der Waals surface area contributed by atoms with Crippen molar-refractivity contribution in [1.29, 1.82) is 0 Å². The molecule has 0 aliphatic carbocycles. The molecule has 0 unspecified atom stereocenters. The van der Waals surface area contributed by atoms with Crippen molar-refractivity contribution in [3.63, 3.8) is 0 Å². The van der Waals surface area contributed by atoms with Crippen molar-refractivity contribution in [2.45, 2.75) is 29.4 Å². The molecule has 0 aliphatic heterocycles. The molecular formula is C22H22F3N5O5S3. The molecule has 1 aromatic heterocycles. The lowest BCUT2D eigenvalue weighted by Gasteiger charge is -2.18. The molecule has 0 radical (unpaired) electrons. The maximum atomic E-state index is 12.6. The number of alkyl halides is 3. The van der Waals surface area contributed by atoms with Gasteiger partial charge in [-0.25, -0.2) is 8.42 Å². The summed E-state index contributed by atoms with van der Waals surface area (Å²) >= 11 is 2.08. The molecule has 0 fully saturated rings.